The van der Waals surface area contributed by atoms with Gasteiger partial charge in [0.05, 0.1) is 11.8 Å². The van der Waals surface area contributed by atoms with Crippen molar-refractivity contribution < 1.29 is 14.3 Å². The second-order valence-electron chi connectivity index (χ2n) is 5.09. The third kappa shape index (κ3) is 2.66. The minimum absolute atomic E-state index is 0.114. The van der Waals surface area contributed by atoms with Crippen molar-refractivity contribution >= 4 is 5.91 Å². The summed E-state index contributed by atoms with van der Waals surface area (Å²) in [6.45, 7) is 4.97. The molecule has 2 heterocycles. The molecule has 0 radical (unpaired) electrons. The molecule has 94 valence electrons. The fourth-order valence-electron chi connectivity index (χ4n) is 2.27. The van der Waals surface area contributed by atoms with Gasteiger partial charge in [-0.2, -0.15) is 0 Å². The van der Waals surface area contributed by atoms with Crippen LogP contribution in [0.2, 0.25) is 0 Å². The molecule has 0 spiro atoms. The third-order valence-corrected chi connectivity index (χ3v) is 3.42. The number of oxazole rings is 1. The summed E-state index contributed by atoms with van der Waals surface area (Å²) in [5.41, 5.74) is -0.665. The lowest BCUT2D eigenvalue weighted by Gasteiger charge is -2.37. The highest BCUT2D eigenvalue weighted by Gasteiger charge is 2.32. The quantitative estimate of drug-likeness (QED) is 0.843. The topological polar surface area (TPSA) is 66.6 Å². The lowest BCUT2D eigenvalue weighted by molar-refractivity contribution is -0.0112. The number of carbonyl (C=O) groups is 1. The van der Waals surface area contributed by atoms with Crippen LogP contribution in [0.25, 0.3) is 0 Å². The molecular weight excluding hydrogens is 220 g/mol. The summed E-state index contributed by atoms with van der Waals surface area (Å²) in [6, 6.07) is 0. The van der Waals surface area contributed by atoms with Crippen LogP contribution >= 0.6 is 0 Å². The second-order valence-corrected chi connectivity index (χ2v) is 5.09. The van der Waals surface area contributed by atoms with Crippen LogP contribution in [0.15, 0.2) is 17.0 Å². The number of nitrogens with zero attached hydrogens (tertiary/aromatic N) is 2. The molecule has 1 aromatic rings. The number of aromatic nitrogens is 1. The highest BCUT2D eigenvalue weighted by atomic mass is 16.3. The Morgan fingerprint density at radius 1 is 1.53 bits per heavy atom. The fourth-order valence-corrected chi connectivity index (χ4v) is 2.27. The molecule has 0 saturated carbocycles. The van der Waals surface area contributed by atoms with E-state index in [-0.39, 0.29) is 17.6 Å². The van der Waals surface area contributed by atoms with Gasteiger partial charge in [0.2, 0.25) is 5.76 Å². The smallest absolute Gasteiger partial charge is 0.291 e. The lowest BCUT2D eigenvalue weighted by Crippen LogP contribution is -2.44. The van der Waals surface area contributed by atoms with Gasteiger partial charge in [-0.3, -0.25) is 4.79 Å². The van der Waals surface area contributed by atoms with Gasteiger partial charge in [-0.1, -0.05) is 0 Å². The Balaban J connectivity index is 1.94. The average Bonchev–Trinajstić information content (AvgIpc) is 2.80. The number of carbonyl (C=O) groups excluding carboxylic acids is 1. The zero-order valence-electron chi connectivity index (χ0n) is 10.2. The Morgan fingerprint density at radius 2 is 2.18 bits per heavy atom. The molecule has 1 aromatic heterocycles. The molecule has 1 aliphatic heterocycles. The highest BCUT2D eigenvalue weighted by Crippen LogP contribution is 2.28. The van der Waals surface area contributed by atoms with E-state index in [4.69, 9.17) is 4.42 Å². The predicted octanol–water partition coefficient (Wildman–Crippen LogP) is 1.30. The fraction of sp³-hybridized carbons (Fsp3) is 0.667. The molecule has 0 bridgehead atoms. The first-order valence-electron chi connectivity index (χ1n) is 5.88. The van der Waals surface area contributed by atoms with Crippen molar-refractivity contribution in [3.63, 3.8) is 0 Å². The summed E-state index contributed by atoms with van der Waals surface area (Å²) < 4.78 is 4.99. The van der Waals surface area contributed by atoms with E-state index in [0.717, 1.165) is 12.8 Å². The van der Waals surface area contributed by atoms with Crippen molar-refractivity contribution in [2.45, 2.75) is 32.3 Å². The number of amides is 1. The molecule has 0 unspecified atom stereocenters. The van der Waals surface area contributed by atoms with E-state index in [0.29, 0.717) is 13.1 Å². The Bertz CT molecular complexity index is 373. The van der Waals surface area contributed by atoms with Crippen LogP contribution in [0.5, 0.6) is 0 Å². The molecule has 5 heteroatoms. The number of hydrogen-bond acceptors (Lipinski definition) is 4. The lowest BCUT2D eigenvalue weighted by atomic mass is 9.83. The molecule has 1 saturated heterocycles. The Hall–Kier alpha value is -1.36. The van der Waals surface area contributed by atoms with Crippen molar-refractivity contribution in [1.82, 2.24) is 9.88 Å². The first-order chi connectivity index (χ1) is 7.98. The maximum Gasteiger partial charge on any atom is 0.291 e. The van der Waals surface area contributed by atoms with Crippen LogP contribution < -0.4 is 0 Å². The molecule has 0 aliphatic carbocycles. The van der Waals surface area contributed by atoms with Gasteiger partial charge >= 0.3 is 0 Å². The summed E-state index contributed by atoms with van der Waals surface area (Å²) in [5, 5.41) is 9.92. The van der Waals surface area contributed by atoms with Gasteiger partial charge in [0.25, 0.3) is 5.91 Å². The Morgan fingerprint density at radius 3 is 2.65 bits per heavy atom. The molecule has 0 aromatic carbocycles. The van der Waals surface area contributed by atoms with Gasteiger partial charge in [-0.05, 0) is 32.6 Å². The van der Waals surface area contributed by atoms with Gasteiger partial charge in [0.1, 0.15) is 0 Å². The first-order valence-corrected chi connectivity index (χ1v) is 5.88. The monoisotopic (exact) mass is 238 g/mol. The van der Waals surface area contributed by atoms with E-state index in [1.807, 2.05) is 13.8 Å². The minimum Gasteiger partial charge on any atom is -0.438 e. The summed E-state index contributed by atoms with van der Waals surface area (Å²) >= 11 is 0. The average molecular weight is 238 g/mol. The van der Waals surface area contributed by atoms with Crippen molar-refractivity contribution in [1.29, 1.82) is 0 Å². The van der Waals surface area contributed by atoms with E-state index >= 15 is 0 Å². The van der Waals surface area contributed by atoms with Gasteiger partial charge in [-0.15, -0.1) is 0 Å². The summed E-state index contributed by atoms with van der Waals surface area (Å²) in [6.07, 6.45) is 4.34. The molecule has 1 N–H and O–H groups in total. The molecular formula is C12H18N2O3. The summed E-state index contributed by atoms with van der Waals surface area (Å²) in [5.74, 6) is 0.421. The standard InChI is InChI=1S/C12H18N2O3/c1-12(2,16)9-3-5-14(6-4-9)11(15)10-7-13-8-17-10/h7-9,16H,3-6H2,1-2H3. The molecule has 1 aliphatic rings. The Labute approximate surface area is 100 Å². The summed E-state index contributed by atoms with van der Waals surface area (Å²) in [4.78, 5) is 17.4. The maximum atomic E-state index is 11.9. The molecule has 0 atom stereocenters. The number of hydrogen-bond donors (Lipinski definition) is 1. The predicted molar refractivity (Wildman–Crippen MR) is 61.4 cm³/mol. The zero-order valence-corrected chi connectivity index (χ0v) is 10.2. The van der Waals surface area contributed by atoms with Crippen molar-refractivity contribution in [3.8, 4) is 0 Å². The van der Waals surface area contributed by atoms with Gasteiger partial charge in [-0.25, -0.2) is 4.98 Å². The highest BCUT2D eigenvalue weighted by molar-refractivity contribution is 5.91. The molecule has 5 nitrogen and oxygen atoms in total. The van der Waals surface area contributed by atoms with E-state index in [1.165, 1.54) is 12.6 Å². The summed E-state index contributed by atoms with van der Waals surface area (Å²) in [7, 11) is 0. The minimum atomic E-state index is -0.665. The van der Waals surface area contributed by atoms with Crippen molar-refractivity contribution in [2.24, 2.45) is 5.92 Å². The molecule has 1 amide bonds. The first kappa shape index (κ1) is 12.1. The van der Waals surface area contributed by atoms with Gasteiger partial charge in [0, 0.05) is 13.1 Å². The SMILES string of the molecule is CC(C)(O)C1CCN(C(=O)c2cnco2)CC1. The number of piperidine rings is 1. The number of likely N-dealkylation sites (tertiary alicyclic amines) is 1. The number of rotatable bonds is 2. The van der Waals surface area contributed by atoms with Crippen molar-refractivity contribution in [2.75, 3.05) is 13.1 Å². The van der Waals surface area contributed by atoms with Gasteiger partial charge < -0.3 is 14.4 Å². The van der Waals surface area contributed by atoms with Crippen LogP contribution in [0.1, 0.15) is 37.2 Å². The van der Waals surface area contributed by atoms with Crippen LogP contribution in [0, 0.1) is 5.92 Å². The van der Waals surface area contributed by atoms with E-state index < -0.39 is 5.60 Å². The van der Waals surface area contributed by atoms with Gasteiger partial charge in [0.15, 0.2) is 6.39 Å². The third-order valence-electron chi connectivity index (χ3n) is 3.42. The molecule has 2 rings (SSSR count). The Kier molecular flexibility index (Phi) is 3.19. The normalized spacial score (nSPS) is 18.4. The van der Waals surface area contributed by atoms with E-state index in [1.54, 1.807) is 4.90 Å². The van der Waals surface area contributed by atoms with Crippen LogP contribution in [0.3, 0.4) is 0 Å². The number of aliphatic hydroxyl groups is 1. The maximum absolute atomic E-state index is 11.9. The van der Waals surface area contributed by atoms with Crippen LogP contribution in [-0.4, -0.2) is 39.6 Å². The van der Waals surface area contributed by atoms with E-state index in [9.17, 15) is 9.90 Å². The van der Waals surface area contributed by atoms with Crippen molar-refractivity contribution in [3.05, 3.63) is 18.4 Å². The van der Waals surface area contributed by atoms with Crippen LogP contribution in [0.4, 0.5) is 0 Å². The molecule has 17 heavy (non-hydrogen) atoms. The second kappa shape index (κ2) is 4.49. The van der Waals surface area contributed by atoms with Crippen LogP contribution in [-0.2, 0) is 0 Å². The zero-order chi connectivity index (χ0) is 12.5. The van der Waals surface area contributed by atoms with E-state index in [2.05, 4.69) is 4.98 Å². The molecule has 1 fully saturated rings. The largest absolute Gasteiger partial charge is 0.438 e.